The Morgan fingerprint density at radius 1 is 1.38 bits per heavy atom. The fourth-order valence-electron chi connectivity index (χ4n) is 3.42. The van der Waals surface area contributed by atoms with Crippen LogP contribution in [-0.4, -0.2) is 32.9 Å². The lowest BCUT2D eigenvalue weighted by atomic mass is 9.90. The Labute approximate surface area is 122 Å². The minimum Gasteiger partial charge on any atom is -0.480 e. The van der Waals surface area contributed by atoms with Crippen LogP contribution >= 0.6 is 0 Å². The summed E-state index contributed by atoms with van der Waals surface area (Å²) in [7, 11) is 0. The molecule has 0 saturated carbocycles. The Kier molecular flexibility index (Phi) is 3.20. The summed E-state index contributed by atoms with van der Waals surface area (Å²) in [6, 6.07) is 6.88. The first-order valence-electron chi connectivity index (χ1n) is 7.15. The van der Waals surface area contributed by atoms with Crippen molar-refractivity contribution in [3.63, 3.8) is 0 Å². The van der Waals surface area contributed by atoms with Crippen LogP contribution in [0.5, 0.6) is 0 Å². The van der Waals surface area contributed by atoms with Crippen molar-refractivity contribution in [2.45, 2.75) is 38.8 Å². The van der Waals surface area contributed by atoms with Crippen LogP contribution in [0.25, 0.3) is 10.9 Å². The zero-order chi connectivity index (χ0) is 15.1. The predicted molar refractivity (Wildman–Crippen MR) is 79.0 cm³/mol. The number of carboxylic acid groups (broad SMARTS) is 1. The van der Waals surface area contributed by atoms with Crippen molar-refractivity contribution >= 4 is 22.8 Å². The molecule has 2 atom stereocenters. The number of aromatic amines is 1. The molecular formula is C16H18N2O3. The lowest BCUT2D eigenvalue weighted by molar-refractivity contribution is -0.152. The van der Waals surface area contributed by atoms with Crippen LogP contribution in [0.4, 0.5) is 0 Å². The molecule has 0 fully saturated rings. The second kappa shape index (κ2) is 4.91. The quantitative estimate of drug-likeness (QED) is 0.890. The molecule has 2 N–H and O–H groups in total. The van der Waals surface area contributed by atoms with Crippen LogP contribution < -0.4 is 0 Å². The van der Waals surface area contributed by atoms with Gasteiger partial charge in [-0.05, 0) is 18.1 Å². The molecule has 1 aliphatic heterocycles. The second-order valence-electron chi connectivity index (χ2n) is 5.47. The molecule has 1 aromatic heterocycles. The van der Waals surface area contributed by atoms with Gasteiger partial charge in [0.05, 0.1) is 6.04 Å². The van der Waals surface area contributed by atoms with E-state index in [0.717, 1.165) is 22.2 Å². The van der Waals surface area contributed by atoms with Crippen molar-refractivity contribution in [3.05, 3.63) is 35.5 Å². The Morgan fingerprint density at radius 3 is 2.71 bits per heavy atom. The number of hydrogen-bond donors (Lipinski definition) is 2. The third-order valence-electron chi connectivity index (χ3n) is 4.28. The highest BCUT2D eigenvalue weighted by molar-refractivity contribution is 5.89. The zero-order valence-electron chi connectivity index (χ0n) is 12.1. The topological polar surface area (TPSA) is 73.4 Å². The van der Waals surface area contributed by atoms with Gasteiger partial charge in [0.1, 0.15) is 6.04 Å². The molecular weight excluding hydrogens is 268 g/mol. The van der Waals surface area contributed by atoms with Crippen molar-refractivity contribution < 1.29 is 14.7 Å². The summed E-state index contributed by atoms with van der Waals surface area (Å²) < 4.78 is 0. The van der Waals surface area contributed by atoms with Gasteiger partial charge in [-0.25, -0.2) is 4.79 Å². The summed E-state index contributed by atoms with van der Waals surface area (Å²) in [5.41, 5.74) is 3.00. The van der Waals surface area contributed by atoms with E-state index in [9.17, 15) is 14.7 Å². The van der Waals surface area contributed by atoms with Gasteiger partial charge >= 0.3 is 5.97 Å². The van der Waals surface area contributed by atoms with Gasteiger partial charge in [-0.3, -0.25) is 4.79 Å². The van der Waals surface area contributed by atoms with Crippen LogP contribution in [0.15, 0.2) is 24.3 Å². The Balaban J connectivity index is 2.22. The fourth-order valence-corrected chi connectivity index (χ4v) is 3.42. The van der Waals surface area contributed by atoms with Crippen LogP contribution in [-0.2, 0) is 16.0 Å². The minimum absolute atomic E-state index is 0.196. The van der Waals surface area contributed by atoms with E-state index in [4.69, 9.17) is 0 Å². The molecule has 0 aliphatic carbocycles. The largest absolute Gasteiger partial charge is 0.480 e. The number of amides is 1. The minimum atomic E-state index is -0.945. The van der Waals surface area contributed by atoms with E-state index in [1.54, 1.807) is 0 Å². The molecule has 5 heteroatoms. The number of benzene rings is 1. The van der Waals surface area contributed by atoms with Crippen LogP contribution in [0.2, 0.25) is 0 Å². The van der Waals surface area contributed by atoms with E-state index in [0.29, 0.717) is 12.8 Å². The van der Waals surface area contributed by atoms with Gasteiger partial charge in [0, 0.05) is 29.9 Å². The molecule has 2 heterocycles. The molecule has 0 unspecified atom stereocenters. The second-order valence-corrected chi connectivity index (χ2v) is 5.47. The SMILES string of the molecule is CC[C@@H]1c2[nH]c3ccccc3c2C[C@H](C(=O)O)N1C(C)=O. The van der Waals surface area contributed by atoms with Crippen molar-refractivity contribution in [2.24, 2.45) is 0 Å². The van der Waals surface area contributed by atoms with Crippen molar-refractivity contribution in [1.82, 2.24) is 9.88 Å². The van der Waals surface area contributed by atoms with Gasteiger partial charge in [0.15, 0.2) is 0 Å². The number of rotatable bonds is 2. The van der Waals surface area contributed by atoms with Gasteiger partial charge in [-0.2, -0.15) is 0 Å². The number of carbonyl (C=O) groups excluding carboxylic acids is 1. The summed E-state index contributed by atoms with van der Waals surface area (Å²) in [4.78, 5) is 28.4. The Morgan fingerprint density at radius 2 is 2.10 bits per heavy atom. The monoisotopic (exact) mass is 286 g/mol. The van der Waals surface area contributed by atoms with E-state index in [1.807, 2.05) is 31.2 Å². The van der Waals surface area contributed by atoms with Gasteiger partial charge in [0.25, 0.3) is 0 Å². The summed E-state index contributed by atoms with van der Waals surface area (Å²) in [5, 5.41) is 10.6. The smallest absolute Gasteiger partial charge is 0.326 e. The first-order chi connectivity index (χ1) is 10.0. The number of nitrogens with zero attached hydrogens (tertiary/aromatic N) is 1. The molecule has 0 spiro atoms. The normalized spacial score (nSPS) is 21.3. The lowest BCUT2D eigenvalue weighted by Crippen LogP contribution is -2.50. The summed E-state index contributed by atoms with van der Waals surface area (Å²) in [6.45, 7) is 3.41. The van der Waals surface area contributed by atoms with Crippen LogP contribution in [0, 0.1) is 0 Å². The standard InChI is InChI=1S/C16H18N2O3/c1-3-13-15-11(10-6-4-5-7-12(10)17-15)8-14(16(20)21)18(13)9(2)19/h4-7,13-14,17H,3,8H2,1-2H3,(H,20,21)/t13-,14-/m1/s1. The number of H-pyrrole nitrogens is 1. The maximum Gasteiger partial charge on any atom is 0.326 e. The van der Waals surface area contributed by atoms with Crippen LogP contribution in [0.1, 0.15) is 37.6 Å². The number of carboxylic acids is 1. The van der Waals surface area contributed by atoms with E-state index < -0.39 is 12.0 Å². The summed E-state index contributed by atoms with van der Waals surface area (Å²) in [5.74, 6) is -1.14. The number of fused-ring (bicyclic) bond motifs is 3. The number of nitrogens with one attached hydrogen (secondary N) is 1. The van der Waals surface area contributed by atoms with Crippen molar-refractivity contribution in [3.8, 4) is 0 Å². The molecule has 21 heavy (non-hydrogen) atoms. The fraction of sp³-hybridized carbons (Fsp3) is 0.375. The molecule has 3 rings (SSSR count). The number of carbonyl (C=O) groups is 2. The Hall–Kier alpha value is -2.30. The predicted octanol–water partition coefficient (Wildman–Crippen LogP) is 2.48. The summed E-state index contributed by atoms with van der Waals surface area (Å²) in [6.07, 6.45) is 1.04. The molecule has 2 aromatic rings. The maximum absolute atomic E-state index is 12.0. The number of aliphatic carboxylic acids is 1. The third kappa shape index (κ3) is 2.00. The number of hydrogen-bond acceptors (Lipinski definition) is 2. The molecule has 110 valence electrons. The zero-order valence-corrected chi connectivity index (χ0v) is 12.1. The molecule has 1 aromatic carbocycles. The molecule has 0 saturated heterocycles. The highest BCUT2D eigenvalue weighted by atomic mass is 16.4. The van der Waals surface area contributed by atoms with Gasteiger partial charge < -0.3 is 15.0 Å². The molecule has 0 bridgehead atoms. The van der Waals surface area contributed by atoms with Crippen LogP contribution in [0.3, 0.4) is 0 Å². The first-order valence-corrected chi connectivity index (χ1v) is 7.15. The van der Waals surface area contributed by atoms with E-state index >= 15 is 0 Å². The third-order valence-corrected chi connectivity index (χ3v) is 4.28. The molecule has 0 radical (unpaired) electrons. The van der Waals surface area contributed by atoms with Crippen molar-refractivity contribution in [2.75, 3.05) is 0 Å². The van der Waals surface area contributed by atoms with E-state index in [1.165, 1.54) is 11.8 Å². The van der Waals surface area contributed by atoms with E-state index in [-0.39, 0.29) is 11.9 Å². The number of para-hydroxylation sites is 1. The molecule has 1 aliphatic rings. The number of aromatic nitrogens is 1. The highest BCUT2D eigenvalue weighted by Gasteiger charge is 2.40. The first kappa shape index (κ1) is 13.7. The average molecular weight is 286 g/mol. The summed E-state index contributed by atoms with van der Waals surface area (Å²) >= 11 is 0. The Bertz CT molecular complexity index is 719. The van der Waals surface area contributed by atoms with Gasteiger partial charge in [0.2, 0.25) is 5.91 Å². The van der Waals surface area contributed by atoms with E-state index in [2.05, 4.69) is 4.98 Å². The maximum atomic E-state index is 12.0. The van der Waals surface area contributed by atoms with Gasteiger partial charge in [-0.1, -0.05) is 25.1 Å². The van der Waals surface area contributed by atoms with Crippen molar-refractivity contribution in [1.29, 1.82) is 0 Å². The molecule has 1 amide bonds. The molecule has 5 nitrogen and oxygen atoms in total. The highest BCUT2D eigenvalue weighted by Crippen LogP contribution is 2.38. The lowest BCUT2D eigenvalue weighted by Gasteiger charge is -2.39. The average Bonchev–Trinajstić information content (AvgIpc) is 2.83. The van der Waals surface area contributed by atoms with Gasteiger partial charge in [-0.15, -0.1) is 0 Å².